The molecule has 1 saturated heterocycles. The van der Waals surface area contributed by atoms with Gasteiger partial charge in [-0.25, -0.2) is 0 Å². The van der Waals surface area contributed by atoms with Crippen LogP contribution >= 0.6 is 0 Å². The van der Waals surface area contributed by atoms with Crippen molar-refractivity contribution < 1.29 is 17.1 Å². The van der Waals surface area contributed by atoms with E-state index in [1.165, 1.54) is 12.1 Å². The Bertz CT molecular complexity index is 533. The summed E-state index contributed by atoms with van der Waals surface area (Å²) in [5.74, 6) is -0.127. The van der Waals surface area contributed by atoms with E-state index in [1.807, 2.05) is 0 Å². The molecule has 1 aliphatic rings. The molecule has 0 spiro atoms. The van der Waals surface area contributed by atoms with Gasteiger partial charge >= 0.3 is 10.2 Å². The molecule has 1 aliphatic heterocycles. The summed E-state index contributed by atoms with van der Waals surface area (Å²) < 4.78 is 34.0. The molecule has 0 aliphatic carbocycles. The predicted molar refractivity (Wildman–Crippen MR) is 64.5 cm³/mol. The van der Waals surface area contributed by atoms with Crippen LogP contribution in [0.4, 0.5) is 3.89 Å². The van der Waals surface area contributed by atoms with Gasteiger partial charge in [0.2, 0.25) is 0 Å². The van der Waals surface area contributed by atoms with E-state index in [0.29, 0.717) is 5.56 Å². The Balaban J connectivity index is 2.16. The first-order valence-electron chi connectivity index (χ1n) is 5.82. The number of halogens is 1. The average Bonchev–Trinajstić information content (AvgIpc) is 2.38. The number of piperidine rings is 1. The maximum Gasteiger partial charge on any atom is 0.332 e. The quantitative estimate of drug-likeness (QED) is 0.773. The number of hydrogen-bond donors (Lipinski definition) is 0. The maximum absolute atomic E-state index is 12.7. The third-order valence-electron chi connectivity index (χ3n) is 3.03. The van der Waals surface area contributed by atoms with Crippen LogP contribution < -0.4 is 0 Å². The minimum absolute atomic E-state index is 0.127. The molecule has 98 valence electrons. The van der Waals surface area contributed by atoms with Crippen molar-refractivity contribution in [2.75, 3.05) is 13.1 Å². The monoisotopic (exact) mass is 271 g/mol. The zero-order valence-corrected chi connectivity index (χ0v) is 10.6. The Hall–Kier alpha value is -1.43. The van der Waals surface area contributed by atoms with Crippen LogP contribution in [0, 0.1) is 0 Å². The fourth-order valence-electron chi connectivity index (χ4n) is 2.04. The van der Waals surface area contributed by atoms with Crippen molar-refractivity contribution in [3.63, 3.8) is 0 Å². The van der Waals surface area contributed by atoms with Crippen molar-refractivity contribution >= 4 is 16.1 Å². The van der Waals surface area contributed by atoms with Crippen LogP contribution in [0.2, 0.25) is 0 Å². The Morgan fingerprint density at radius 2 is 1.61 bits per heavy atom. The largest absolute Gasteiger partial charge is 0.339 e. The molecule has 1 aromatic rings. The molecule has 18 heavy (non-hydrogen) atoms. The summed E-state index contributed by atoms with van der Waals surface area (Å²) >= 11 is 0. The topological polar surface area (TPSA) is 54.5 Å². The minimum Gasteiger partial charge on any atom is -0.339 e. The van der Waals surface area contributed by atoms with Crippen LogP contribution in [-0.2, 0) is 10.2 Å². The van der Waals surface area contributed by atoms with Crippen molar-refractivity contribution in [3.8, 4) is 0 Å². The zero-order chi connectivity index (χ0) is 13.2. The highest BCUT2D eigenvalue weighted by atomic mass is 32.3. The SMILES string of the molecule is O=C(c1ccc(S(=O)(=O)F)cc1)N1CCCCC1. The van der Waals surface area contributed by atoms with Gasteiger partial charge in [-0.3, -0.25) is 4.79 Å². The van der Waals surface area contributed by atoms with Crippen molar-refractivity contribution in [2.45, 2.75) is 24.2 Å². The van der Waals surface area contributed by atoms with Crippen molar-refractivity contribution in [3.05, 3.63) is 29.8 Å². The molecular formula is C12H14FNO3S. The molecule has 0 atom stereocenters. The third-order valence-corrected chi connectivity index (χ3v) is 3.86. The number of nitrogens with zero attached hydrogens (tertiary/aromatic N) is 1. The number of hydrogen-bond acceptors (Lipinski definition) is 3. The third kappa shape index (κ3) is 2.87. The Kier molecular flexibility index (Phi) is 3.65. The lowest BCUT2D eigenvalue weighted by Gasteiger charge is -2.26. The van der Waals surface area contributed by atoms with E-state index in [2.05, 4.69) is 0 Å². The van der Waals surface area contributed by atoms with Gasteiger partial charge < -0.3 is 4.90 Å². The van der Waals surface area contributed by atoms with Gasteiger partial charge in [-0.1, -0.05) is 0 Å². The Labute approximate surface area is 106 Å². The summed E-state index contributed by atoms with van der Waals surface area (Å²) in [5, 5.41) is 0. The Morgan fingerprint density at radius 3 is 2.11 bits per heavy atom. The number of carbonyl (C=O) groups excluding carboxylic acids is 1. The lowest BCUT2D eigenvalue weighted by molar-refractivity contribution is 0.0724. The van der Waals surface area contributed by atoms with E-state index >= 15 is 0 Å². The predicted octanol–water partition coefficient (Wildman–Crippen LogP) is 1.97. The van der Waals surface area contributed by atoms with Crippen LogP contribution in [0.3, 0.4) is 0 Å². The van der Waals surface area contributed by atoms with E-state index in [4.69, 9.17) is 0 Å². The molecule has 0 saturated carbocycles. The van der Waals surface area contributed by atoms with Gasteiger partial charge in [0.15, 0.2) is 0 Å². The number of likely N-dealkylation sites (tertiary alicyclic amines) is 1. The molecule has 1 fully saturated rings. The second-order valence-corrected chi connectivity index (χ2v) is 5.66. The first-order chi connectivity index (χ1) is 8.48. The first-order valence-corrected chi connectivity index (χ1v) is 7.21. The van der Waals surface area contributed by atoms with Gasteiger partial charge in [-0.05, 0) is 43.5 Å². The lowest BCUT2D eigenvalue weighted by atomic mass is 10.1. The summed E-state index contributed by atoms with van der Waals surface area (Å²) in [6.07, 6.45) is 3.11. The zero-order valence-electron chi connectivity index (χ0n) is 9.80. The normalized spacial score (nSPS) is 16.6. The molecule has 0 N–H and O–H groups in total. The second-order valence-electron chi connectivity index (χ2n) is 4.32. The van der Waals surface area contributed by atoms with Gasteiger partial charge in [0.1, 0.15) is 0 Å². The van der Waals surface area contributed by atoms with Crippen LogP contribution in [0.15, 0.2) is 29.2 Å². The van der Waals surface area contributed by atoms with Crippen molar-refractivity contribution in [1.82, 2.24) is 4.90 Å². The molecule has 1 aromatic carbocycles. The van der Waals surface area contributed by atoms with E-state index in [-0.39, 0.29) is 5.91 Å². The van der Waals surface area contributed by atoms with Crippen LogP contribution in [0.25, 0.3) is 0 Å². The number of amides is 1. The molecule has 0 unspecified atom stereocenters. The number of carbonyl (C=O) groups is 1. The van der Waals surface area contributed by atoms with Crippen molar-refractivity contribution in [1.29, 1.82) is 0 Å². The molecular weight excluding hydrogens is 257 g/mol. The second kappa shape index (κ2) is 5.06. The molecule has 0 bridgehead atoms. The van der Waals surface area contributed by atoms with E-state index in [9.17, 15) is 17.1 Å². The van der Waals surface area contributed by atoms with Crippen molar-refractivity contribution in [2.24, 2.45) is 0 Å². The molecule has 2 rings (SSSR count). The summed E-state index contributed by atoms with van der Waals surface area (Å²) in [7, 11) is -4.70. The highest BCUT2D eigenvalue weighted by Crippen LogP contribution is 2.16. The molecule has 6 heteroatoms. The van der Waals surface area contributed by atoms with Gasteiger partial charge in [0, 0.05) is 18.7 Å². The molecule has 0 radical (unpaired) electrons. The lowest BCUT2D eigenvalue weighted by Crippen LogP contribution is -2.35. The van der Waals surface area contributed by atoms with E-state index in [0.717, 1.165) is 44.5 Å². The number of benzene rings is 1. The maximum atomic E-state index is 12.7. The average molecular weight is 271 g/mol. The van der Waals surface area contributed by atoms with Crippen LogP contribution in [0.1, 0.15) is 29.6 Å². The fourth-order valence-corrected chi connectivity index (χ4v) is 2.50. The van der Waals surface area contributed by atoms with Crippen LogP contribution in [-0.4, -0.2) is 32.3 Å². The van der Waals surface area contributed by atoms with Crippen LogP contribution in [0.5, 0.6) is 0 Å². The fraction of sp³-hybridized carbons (Fsp3) is 0.417. The van der Waals surface area contributed by atoms with E-state index < -0.39 is 15.1 Å². The molecule has 1 heterocycles. The smallest absolute Gasteiger partial charge is 0.332 e. The Morgan fingerprint density at radius 1 is 1.06 bits per heavy atom. The molecule has 4 nitrogen and oxygen atoms in total. The van der Waals surface area contributed by atoms with Gasteiger partial charge in [-0.15, -0.1) is 3.89 Å². The van der Waals surface area contributed by atoms with Gasteiger partial charge in [-0.2, -0.15) is 8.42 Å². The number of rotatable bonds is 2. The molecule has 1 amide bonds. The summed E-state index contributed by atoms with van der Waals surface area (Å²) in [6, 6.07) is 4.94. The van der Waals surface area contributed by atoms with E-state index in [1.54, 1.807) is 4.90 Å². The van der Waals surface area contributed by atoms with Gasteiger partial charge in [0.25, 0.3) is 5.91 Å². The summed E-state index contributed by atoms with van der Waals surface area (Å²) in [4.78, 5) is 13.4. The summed E-state index contributed by atoms with van der Waals surface area (Å²) in [6.45, 7) is 1.45. The first kappa shape index (κ1) is 13.0. The highest BCUT2D eigenvalue weighted by Gasteiger charge is 2.19. The standard InChI is InChI=1S/C12H14FNO3S/c13-18(16,17)11-6-4-10(5-7-11)12(15)14-8-2-1-3-9-14/h4-7H,1-3,8-9H2. The highest BCUT2D eigenvalue weighted by molar-refractivity contribution is 7.86. The van der Waals surface area contributed by atoms with Gasteiger partial charge in [0.05, 0.1) is 4.90 Å². The minimum atomic E-state index is -4.70. The molecule has 0 aromatic heterocycles. The summed E-state index contributed by atoms with van der Waals surface area (Å²) in [5.41, 5.74) is 0.393.